The number of nitrogens with zero attached hydrogens (tertiary/aromatic N) is 1. The van der Waals surface area contributed by atoms with Crippen molar-refractivity contribution < 1.29 is 8.42 Å². The number of benzene rings is 2. The van der Waals surface area contributed by atoms with Gasteiger partial charge in [-0.1, -0.05) is 55.0 Å². The molecule has 3 rings (SSSR count). The van der Waals surface area contributed by atoms with E-state index in [1.165, 1.54) is 16.3 Å². The lowest BCUT2D eigenvalue weighted by atomic mass is 10.1. The van der Waals surface area contributed by atoms with Crippen molar-refractivity contribution in [2.45, 2.75) is 44.8 Å². The van der Waals surface area contributed by atoms with E-state index in [-0.39, 0.29) is 0 Å². The quantitative estimate of drug-likeness (QED) is 0.785. The van der Waals surface area contributed by atoms with E-state index in [0.29, 0.717) is 11.4 Å². The van der Waals surface area contributed by atoms with Gasteiger partial charge in [0.2, 0.25) is 0 Å². The highest BCUT2D eigenvalue weighted by atomic mass is 32.2. The molecule has 0 saturated heterocycles. The van der Waals surface area contributed by atoms with Crippen LogP contribution >= 0.6 is 0 Å². The maximum Gasteiger partial charge on any atom is 0.264 e. The zero-order valence-electron chi connectivity index (χ0n) is 15.1. The maximum atomic E-state index is 13.2. The van der Waals surface area contributed by atoms with Crippen LogP contribution in [0.1, 0.15) is 16.7 Å². The van der Waals surface area contributed by atoms with Gasteiger partial charge in [-0.3, -0.25) is 4.31 Å². The molecule has 2 aromatic rings. The first-order valence-electron chi connectivity index (χ1n) is 8.34. The molecule has 0 saturated carbocycles. The Labute approximate surface area is 146 Å². The van der Waals surface area contributed by atoms with Gasteiger partial charge in [0, 0.05) is 6.54 Å². The molecule has 0 spiro atoms. The predicted octanol–water partition coefficient (Wildman–Crippen LogP) is 3.60. The molecule has 1 heterocycles. The summed E-state index contributed by atoms with van der Waals surface area (Å²) in [6, 6.07) is 11.5. The smallest absolute Gasteiger partial charge is 0.264 e. The third-order valence-corrected chi connectivity index (χ3v) is 8.39. The van der Waals surface area contributed by atoms with Crippen LogP contribution in [0.25, 0.3) is 0 Å². The van der Waals surface area contributed by atoms with Gasteiger partial charge in [-0.2, -0.15) is 0 Å². The monoisotopic (exact) mass is 359 g/mol. The summed E-state index contributed by atoms with van der Waals surface area (Å²) in [5.74, 6) is 0. The number of fused-ring (bicyclic) bond motifs is 1. The zero-order valence-corrected chi connectivity index (χ0v) is 16.9. The Morgan fingerprint density at radius 1 is 0.958 bits per heavy atom. The van der Waals surface area contributed by atoms with Crippen molar-refractivity contribution in [3.8, 4) is 0 Å². The first-order chi connectivity index (χ1) is 11.1. The van der Waals surface area contributed by atoms with E-state index in [2.05, 4.69) is 38.7 Å². The Hall–Kier alpha value is -1.59. The van der Waals surface area contributed by atoms with Crippen molar-refractivity contribution >= 4 is 29.0 Å². The van der Waals surface area contributed by atoms with E-state index in [0.717, 1.165) is 17.7 Å². The molecule has 3 nitrogen and oxygen atoms in total. The Kier molecular flexibility index (Phi) is 4.12. The van der Waals surface area contributed by atoms with Crippen LogP contribution in [0.15, 0.2) is 41.3 Å². The van der Waals surface area contributed by atoms with Gasteiger partial charge < -0.3 is 0 Å². The van der Waals surface area contributed by atoms with Gasteiger partial charge in [0.1, 0.15) is 0 Å². The van der Waals surface area contributed by atoms with E-state index in [1.807, 2.05) is 19.1 Å². The van der Waals surface area contributed by atoms with E-state index in [1.54, 1.807) is 16.4 Å². The number of hydrogen-bond acceptors (Lipinski definition) is 2. The Morgan fingerprint density at radius 3 is 2.17 bits per heavy atom. The number of anilines is 1. The third-order valence-electron chi connectivity index (χ3n) is 4.58. The van der Waals surface area contributed by atoms with Gasteiger partial charge in [-0.15, -0.1) is 0 Å². The highest BCUT2D eigenvalue weighted by Crippen LogP contribution is 2.34. The van der Waals surface area contributed by atoms with Crippen LogP contribution in [-0.2, 0) is 16.4 Å². The van der Waals surface area contributed by atoms with Gasteiger partial charge >= 0.3 is 0 Å². The molecule has 0 aromatic heterocycles. The molecule has 0 fully saturated rings. The topological polar surface area (TPSA) is 37.4 Å². The summed E-state index contributed by atoms with van der Waals surface area (Å²) in [6.45, 7) is 11.4. The fourth-order valence-electron chi connectivity index (χ4n) is 3.32. The number of aryl methyl sites for hydroxylation is 2. The van der Waals surface area contributed by atoms with Crippen molar-refractivity contribution in [1.82, 2.24) is 0 Å². The highest BCUT2D eigenvalue weighted by Gasteiger charge is 2.35. The first-order valence-corrected chi connectivity index (χ1v) is 13.3. The molecular formula is C19H25NO2SSi. The number of sulfonamides is 1. The number of hydrogen-bond donors (Lipinski definition) is 0. The molecule has 0 bridgehead atoms. The Bertz CT molecular complexity index is 881. The maximum absolute atomic E-state index is 13.2. The first kappa shape index (κ1) is 17.2. The number of rotatable bonds is 3. The minimum atomic E-state index is -3.51. The standard InChI is InChI=1S/C19H25NO2SSi/c1-14-6-8-17(9-7-14)23(21,22)20-11-10-16-12-15(2)13-18(19(16)20)24(3,4)5/h6-9,12-13H,10-11H2,1-5H3. The Morgan fingerprint density at radius 2 is 1.58 bits per heavy atom. The molecule has 1 aliphatic heterocycles. The second-order valence-corrected chi connectivity index (χ2v) is 14.6. The van der Waals surface area contributed by atoms with Crippen LogP contribution in [-0.4, -0.2) is 23.0 Å². The predicted molar refractivity (Wildman–Crippen MR) is 104 cm³/mol. The van der Waals surface area contributed by atoms with Gasteiger partial charge in [-0.05, 0) is 43.2 Å². The summed E-state index contributed by atoms with van der Waals surface area (Å²) in [7, 11) is -5.17. The summed E-state index contributed by atoms with van der Waals surface area (Å²) < 4.78 is 28.1. The molecule has 0 aliphatic carbocycles. The lowest BCUT2D eigenvalue weighted by Crippen LogP contribution is -2.43. The van der Waals surface area contributed by atoms with E-state index in [4.69, 9.17) is 0 Å². The van der Waals surface area contributed by atoms with Gasteiger partial charge in [0.05, 0.1) is 18.7 Å². The van der Waals surface area contributed by atoms with Crippen LogP contribution < -0.4 is 9.49 Å². The molecule has 0 N–H and O–H groups in total. The van der Waals surface area contributed by atoms with Crippen molar-refractivity contribution in [2.24, 2.45) is 0 Å². The second-order valence-electron chi connectivity index (χ2n) is 7.71. The van der Waals surface area contributed by atoms with E-state index in [9.17, 15) is 8.42 Å². The molecule has 128 valence electrons. The van der Waals surface area contributed by atoms with E-state index >= 15 is 0 Å². The van der Waals surface area contributed by atoms with Gasteiger partial charge in [-0.25, -0.2) is 8.42 Å². The third kappa shape index (κ3) is 2.91. The van der Waals surface area contributed by atoms with Crippen LogP contribution in [0.2, 0.25) is 19.6 Å². The van der Waals surface area contributed by atoms with Crippen LogP contribution in [0, 0.1) is 13.8 Å². The van der Waals surface area contributed by atoms with Crippen molar-refractivity contribution in [2.75, 3.05) is 10.8 Å². The van der Waals surface area contributed by atoms with Crippen LogP contribution in [0.3, 0.4) is 0 Å². The minimum absolute atomic E-state index is 0.378. The fourth-order valence-corrected chi connectivity index (χ4v) is 6.59. The highest BCUT2D eigenvalue weighted by molar-refractivity contribution is 7.92. The lowest BCUT2D eigenvalue weighted by Gasteiger charge is -2.27. The molecule has 1 aliphatic rings. The summed E-state index contributed by atoms with van der Waals surface area (Å²) in [5.41, 5.74) is 4.40. The molecule has 24 heavy (non-hydrogen) atoms. The average Bonchev–Trinajstić information content (AvgIpc) is 2.90. The fraction of sp³-hybridized carbons (Fsp3) is 0.368. The largest absolute Gasteiger partial charge is 0.266 e. The summed E-state index contributed by atoms with van der Waals surface area (Å²) in [6.07, 6.45) is 0.791. The summed E-state index contributed by atoms with van der Waals surface area (Å²) >= 11 is 0. The average molecular weight is 360 g/mol. The van der Waals surface area contributed by atoms with Gasteiger partial charge in [0.15, 0.2) is 0 Å². The second kappa shape index (κ2) is 5.74. The molecule has 2 aromatic carbocycles. The Balaban J connectivity index is 2.17. The van der Waals surface area contributed by atoms with Crippen LogP contribution in [0.4, 0.5) is 5.69 Å². The molecular weight excluding hydrogens is 334 g/mol. The normalized spacial score (nSPS) is 14.8. The molecule has 0 unspecified atom stereocenters. The molecule has 0 radical (unpaired) electrons. The summed E-state index contributed by atoms with van der Waals surface area (Å²) in [5, 5.41) is 1.24. The summed E-state index contributed by atoms with van der Waals surface area (Å²) in [4.78, 5) is 0.378. The zero-order chi connectivity index (χ0) is 17.7. The minimum Gasteiger partial charge on any atom is -0.266 e. The molecule has 5 heteroatoms. The van der Waals surface area contributed by atoms with Gasteiger partial charge in [0.25, 0.3) is 10.0 Å². The van der Waals surface area contributed by atoms with E-state index < -0.39 is 18.1 Å². The van der Waals surface area contributed by atoms with Crippen molar-refractivity contribution in [1.29, 1.82) is 0 Å². The van der Waals surface area contributed by atoms with Crippen molar-refractivity contribution in [3.05, 3.63) is 53.1 Å². The molecule has 0 amide bonds. The SMILES string of the molecule is Cc1ccc(S(=O)(=O)N2CCc3cc(C)cc([Si](C)(C)C)c32)cc1. The molecule has 0 atom stereocenters. The van der Waals surface area contributed by atoms with Crippen LogP contribution in [0.5, 0.6) is 0 Å². The van der Waals surface area contributed by atoms with Crippen molar-refractivity contribution in [3.63, 3.8) is 0 Å². The lowest BCUT2D eigenvalue weighted by molar-refractivity contribution is 0.592.